The second-order valence-electron chi connectivity index (χ2n) is 6.04. The van der Waals surface area contributed by atoms with Gasteiger partial charge in [0, 0.05) is 18.0 Å². The van der Waals surface area contributed by atoms with Crippen molar-refractivity contribution < 1.29 is 9.53 Å². The molecular weight excluding hydrogens is 296 g/mol. The average molecular weight is 320 g/mol. The predicted octanol–water partition coefficient (Wildman–Crippen LogP) is 3.89. The molecule has 120 valence electrons. The molecule has 2 heterocycles. The molecule has 2 saturated heterocycles. The molecule has 2 aliphatic heterocycles. The average Bonchev–Trinajstić information content (AvgIpc) is 3.19. The number of aryl methyl sites for hydroxylation is 1. The van der Waals surface area contributed by atoms with Gasteiger partial charge in [0.25, 0.3) is 0 Å². The summed E-state index contributed by atoms with van der Waals surface area (Å²) < 4.78 is 5.81. The maximum Gasteiger partial charge on any atom is 0.322 e. The van der Waals surface area contributed by atoms with Crippen LogP contribution in [0.1, 0.15) is 31.2 Å². The molecule has 0 spiro atoms. The fraction of sp³-hybridized carbons (Fsp3) is 0.588. The van der Waals surface area contributed by atoms with E-state index in [1.54, 1.807) is 11.8 Å². The van der Waals surface area contributed by atoms with E-state index in [-0.39, 0.29) is 18.2 Å². The SMILES string of the molecule is CSc1cccc(C)c1NC(=O)N1CCC[C@@H]1[C@@H]1CCCO1. The monoisotopic (exact) mass is 320 g/mol. The van der Waals surface area contributed by atoms with Gasteiger partial charge in [0.2, 0.25) is 0 Å². The van der Waals surface area contributed by atoms with Crippen LogP contribution in [0.15, 0.2) is 23.1 Å². The van der Waals surface area contributed by atoms with Crippen LogP contribution in [-0.2, 0) is 4.74 Å². The Hall–Kier alpha value is -1.20. The van der Waals surface area contributed by atoms with E-state index in [4.69, 9.17) is 4.74 Å². The van der Waals surface area contributed by atoms with Crippen molar-refractivity contribution in [2.45, 2.75) is 49.6 Å². The molecule has 2 amide bonds. The van der Waals surface area contributed by atoms with Crippen molar-refractivity contribution in [2.24, 2.45) is 0 Å². The third kappa shape index (κ3) is 3.10. The molecule has 0 bridgehead atoms. The fourth-order valence-electron chi connectivity index (χ4n) is 3.49. The van der Waals surface area contributed by atoms with Crippen LogP contribution in [0.25, 0.3) is 0 Å². The Morgan fingerprint density at radius 1 is 1.36 bits per heavy atom. The molecule has 2 aliphatic rings. The Labute approximate surface area is 136 Å². The van der Waals surface area contributed by atoms with Crippen LogP contribution < -0.4 is 5.32 Å². The molecule has 0 unspecified atom stereocenters. The first-order valence-electron chi connectivity index (χ1n) is 8.03. The molecule has 2 fully saturated rings. The van der Waals surface area contributed by atoms with Crippen LogP contribution in [0.3, 0.4) is 0 Å². The Balaban J connectivity index is 1.74. The number of benzene rings is 1. The summed E-state index contributed by atoms with van der Waals surface area (Å²) in [5.41, 5.74) is 2.05. The second kappa shape index (κ2) is 6.92. The molecular formula is C17H24N2O2S. The summed E-state index contributed by atoms with van der Waals surface area (Å²) in [6.45, 7) is 3.71. The molecule has 4 nitrogen and oxygen atoms in total. The predicted molar refractivity (Wildman–Crippen MR) is 90.7 cm³/mol. The van der Waals surface area contributed by atoms with Crippen LogP contribution in [-0.4, -0.2) is 42.5 Å². The van der Waals surface area contributed by atoms with Crippen molar-refractivity contribution in [1.29, 1.82) is 0 Å². The number of thioether (sulfide) groups is 1. The number of urea groups is 1. The van der Waals surface area contributed by atoms with Gasteiger partial charge in [-0.05, 0) is 50.5 Å². The zero-order valence-electron chi connectivity index (χ0n) is 13.3. The number of anilines is 1. The number of hydrogen-bond acceptors (Lipinski definition) is 3. The first kappa shape index (κ1) is 15.7. The van der Waals surface area contributed by atoms with Gasteiger partial charge in [-0.2, -0.15) is 0 Å². The molecule has 0 aromatic heterocycles. The van der Waals surface area contributed by atoms with Crippen molar-refractivity contribution in [1.82, 2.24) is 4.90 Å². The van der Waals surface area contributed by atoms with Crippen molar-refractivity contribution in [3.63, 3.8) is 0 Å². The lowest BCUT2D eigenvalue weighted by Crippen LogP contribution is -2.44. The molecule has 2 atom stereocenters. The maximum absolute atomic E-state index is 12.8. The summed E-state index contributed by atoms with van der Waals surface area (Å²) in [5.74, 6) is 0. The normalized spacial score (nSPS) is 24.7. The van der Waals surface area contributed by atoms with Crippen molar-refractivity contribution in [3.05, 3.63) is 23.8 Å². The van der Waals surface area contributed by atoms with Gasteiger partial charge in [-0.25, -0.2) is 4.79 Å². The van der Waals surface area contributed by atoms with Crippen molar-refractivity contribution >= 4 is 23.5 Å². The number of likely N-dealkylation sites (tertiary alicyclic amines) is 1. The van der Waals surface area contributed by atoms with Gasteiger partial charge in [-0.15, -0.1) is 11.8 Å². The Morgan fingerprint density at radius 2 is 2.23 bits per heavy atom. The standard InChI is InChI=1S/C17H24N2O2S/c1-12-6-3-9-15(22-2)16(12)18-17(20)19-10-4-7-13(19)14-8-5-11-21-14/h3,6,9,13-14H,4-5,7-8,10-11H2,1-2H3,(H,18,20)/t13-,14+/m1/s1. The highest BCUT2D eigenvalue weighted by Crippen LogP contribution is 2.31. The highest BCUT2D eigenvalue weighted by atomic mass is 32.2. The van der Waals surface area contributed by atoms with Gasteiger partial charge in [0.1, 0.15) is 0 Å². The summed E-state index contributed by atoms with van der Waals surface area (Å²) in [5, 5.41) is 3.14. The number of carbonyl (C=O) groups excluding carboxylic acids is 1. The topological polar surface area (TPSA) is 41.6 Å². The Bertz CT molecular complexity index is 543. The van der Waals surface area contributed by atoms with E-state index in [0.29, 0.717) is 0 Å². The number of ether oxygens (including phenoxy) is 1. The number of hydrogen-bond donors (Lipinski definition) is 1. The van der Waals surface area contributed by atoms with E-state index >= 15 is 0 Å². The summed E-state index contributed by atoms with van der Waals surface area (Å²) in [6, 6.07) is 6.37. The number of para-hydroxylation sites is 1. The number of nitrogens with zero attached hydrogens (tertiary/aromatic N) is 1. The highest BCUT2D eigenvalue weighted by Gasteiger charge is 2.37. The molecule has 1 aromatic rings. The van der Waals surface area contributed by atoms with E-state index in [0.717, 1.165) is 55.0 Å². The Morgan fingerprint density at radius 3 is 2.95 bits per heavy atom. The minimum absolute atomic E-state index is 0.0163. The lowest BCUT2D eigenvalue weighted by molar-refractivity contribution is 0.0543. The van der Waals surface area contributed by atoms with Gasteiger partial charge in [-0.3, -0.25) is 0 Å². The molecule has 1 aromatic carbocycles. The largest absolute Gasteiger partial charge is 0.376 e. The van der Waals surface area contributed by atoms with Crippen molar-refractivity contribution in [3.8, 4) is 0 Å². The smallest absolute Gasteiger partial charge is 0.322 e. The molecule has 0 radical (unpaired) electrons. The summed E-state index contributed by atoms with van der Waals surface area (Å²) in [7, 11) is 0. The lowest BCUT2D eigenvalue weighted by Gasteiger charge is -2.29. The highest BCUT2D eigenvalue weighted by molar-refractivity contribution is 7.98. The van der Waals surface area contributed by atoms with Gasteiger partial charge in [0.05, 0.1) is 17.8 Å². The van der Waals surface area contributed by atoms with E-state index < -0.39 is 0 Å². The van der Waals surface area contributed by atoms with Gasteiger partial charge < -0.3 is 15.0 Å². The van der Waals surface area contributed by atoms with E-state index in [1.807, 2.05) is 30.2 Å². The summed E-state index contributed by atoms with van der Waals surface area (Å²) in [4.78, 5) is 15.8. The van der Waals surface area contributed by atoms with Crippen LogP contribution in [0.4, 0.5) is 10.5 Å². The van der Waals surface area contributed by atoms with E-state index in [9.17, 15) is 4.79 Å². The third-order valence-electron chi connectivity index (χ3n) is 4.64. The van der Waals surface area contributed by atoms with Crippen LogP contribution in [0.2, 0.25) is 0 Å². The number of amides is 2. The first-order valence-corrected chi connectivity index (χ1v) is 9.26. The zero-order chi connectivity index (χ0) is 15.5. The maximum atomic E-state index is 12.8. The van der Waals surface area contributed by atoms with E-state index in [2.05, 4.69) is 11.4 Å². The minimum atomic E-state index is 0.0163. The first-order chi connectivity index (χ1) is 10.7. The van der Waals surface area contributed by atoms with Gasteiger partial charge >= 0.3 is 6.03 Å². The minimum Gasteiger partial charge on any atom is -0.376 e. The van der Waals surface area contributed by atoms with Crippen LogP contribution >= 0.6 is 11.8 Å². The van der Waals surface area contributed by atoms with Crippen LogP contribution in [0, 0.1) is 6.92 Å². The fourth-order valence-corrected chi connectivity index (χ4v) is 4.12. The molecule has 0 saturated carbocycles. The molecule has 0 aliphatic carbocycles. The van der Waals surface area contributed by atoms with Crippen LogP contribution in [0.5, 0.6) is 0 Å². The Kier molecular flexibility index (Phi) is 4.93. The van der Waals surface area contributed by atoms with E-state index in [1.165, 1.54) is 0 Å². The van der Waals surface area contributed by atoms with Crippen molar-refractivity contribution in [2.75, 3.05) is 24.7 Å². The molecule has 3 rings (SSSR count). The molecule has 1 N–H and O–H groups in total. The molecule has 22 heavy (non-hydrogen) atoms. The van der Waals surface area contributed by atoms with Gasteiger partial charge in [0.15, 0.2) is 0 Å². The lowest BCUT2D eigenvalue weighted by atomic mass is 10.1. The van der Waals surface area contributed by atoms with Gasteiger partial charge in [-0.1, -0.05) is 12.1 Å². The summed E-state index contributed by atoms with van der Waals surface area (Å²) in [6.07, 6.45) is 6.59. The number of carbonyl (C=O) groups is 1. The number of nitrogens with one attached hydrogen (secondary N) is 1. The quantitative estimate of drug-likeness (QED) is 0.859. The molecule has 5 heteroatoms. The summed E-state index contributed by atoms with van der Waals surface area (Å²) >= 11 is 1.66. The third-order valence-corrected chi connectivity index (χ3v) is 5.42. The zero-order valence-corrected chi connectivity index (χ0v) is 14.1. The second-order valence-corrected chi connectivity index (χ2v) is 6.88. The number of rotatable bonds is 3.